The minimum absolute atomic E-state index is 0.148. The molecule has 0 atom stereocenters. The van der Waals surface area contributed by atoms with Crippen LogP contribution in [0.25, 0.3) is 0 Å². The molecule has 0 aliphatic rings. The number of nitrogens with zero attached hydrogens (tertiary/aromatic N) is 1. The molecule has 0 saturated heterocycles. The molecule has 0 aliphatic carbocycles. The minimum Gasteiger partial charge on any atom is -0.266 e. The van der Waals surface area contributed by atoms with Gasteiger partial charge in [-0.2, -0.15) is 0 Å². The summed E-state index contributed by atoms with van der Waals surface area (Å²) in [5.41, 5.74) is -0.148. The van der Waals surface area contributed by atoms with Crippen molar-refractivity contribution in [2.24, 2.45) is 4.99 Å². The average molecular weight is 200 g/mol. The molecule has 0 aromatic heterocycles. The van der Waals surface area contributed by atoms with Crippen molar-refractivity contribution in [2.75, 3.05) is 0 Å². The molecule has 0 unspecified atom stereocenters. The molecular formula is C8H3ClFNO2. The molecule has 1 aromatic carbocycles. The van der Waals surface area contributed by atoms with E-state index in [-0.39, 0.29) is 10.6 Å². The summed E-state index contributed by atoms with van der Waals surface area (Å²) in [5, 5.41) is -0.341. The predicted molar refractivity (Wildman–Crippen MR) is 43.9 cm³/mol. The van der Waals surface area contributed by atoms with Gasteiger partial charge in [0.25, 0.3) is 5.91 Å². The summed E-state index contributed by atoms with van der Waals surface area (Å²) in [6, 6.07) is 3.67. The van der Waals surface area contributed by atoms with Gasteiger partial charge in [0.15, 0.2) is 0 Å². The number of rotatable bonds is 1. The van der Waals surface area contributed by atoms with Crippen molar-refractivity contribution in [1.29, 1.82) is 0 Å². The van der Waals surface area contributed by atoms with Crippen molar-refractivity contribution in [2.45, 2.75) is 0 Å². The maximum Gasteiger partial charge on any atom is 0.289 e. The summed E-state index contributed by atoms with van der Waals surface area (Å²) < 4.78 is 12.8. The molecule has 0 fully saturated rings. The number of hydrogen-bond donors (Lipinski definition) is 0. The number of carbonyl (C=O) groups excluding carboxylic acids is 2. The summed E-state index contributed by atoms with van der Waals surface area (Å²) in [5.74, 6) is -1.63. The highest BCUT2D eigenvalue weighted by molar-refractivity contribution is 6.34. The zero-order valence-electron chi connectivity index (χ0n) is 6.25. The highest BCUT2D eigenvalue weighted by Crippen LogP contribution is 2.19. The first-order chi connectivity index (χ1) is 6.16. The van der Waals surface area contributed by atoms with Crippen molar-refractivity contribution in [3.8, 4) is 0 Å². The third-order valence-electron chi connectivity index (χ3n) is 1.33. The van der Waals surface area contributed by atoms with Crippen LogP contribution >= 0.6 is 11.6 Å². The van der Waals surface area contributed by atoms with Crippen LogP contribution in [0.15, 0.2) is 23.2 Å². The molecule has 0 radical (unpaired) electrons. The Morgan fingerprint density at radius 3 is 2.85 bits per heavy atom. The summed E-state index contributed by atoms with van der Waals surface area (Å²) in [6.45, 7) is 0. The van der Waals surface area contributed by atoms with E-state index in [2.05, 4.69) is 4.99 Å². The second-order valence-corrected chi connectivity index (χ2v) is 2.49. The molecule has 13 heavy (non-hydrogen) atoms. The van der Waals surface area contributed by atoms with Crippen LogP contribution in [0.2, 0.25) is 5.02 Å². The Kier molecular flexibility index (Phi) is 2.90. The second-order valence-electron chi connectivity index (χ2n) is 2.11. The Morgan fingerprint density at radius 2 is 2.23 bits per heavy atom. The van der Waals surface area contributed by atoms with Gasteiger partial charge in [-0.25, -0.2) is 9.18 Å². The van der Waals surface area contributed by atoms with E-state index in [0.29, 0.717) is 0 Å². The fourth-order valence-electron chi connectivity index (χ4n) is 0.771. The van der Waals surface area contributed by atoms with Crippen molar-refractivity contribution in [1.82, 2.24) is 0 Å². The predicted octanol–water partition coefficient (Wildman–Crippen LogP) is 1.96. The van der Waals surface area contributed by atoms with Crippen LogP contribution in [0.4, 0.5) is 4.39 Å². The Balaban J connectivity index is 3.22. The summed E-state index contributed by atoms with van der Waals surface area (Å²) >= 11 is 5.44. The van der Waals surface area contributed by atoms with Crippen LogP contribution < -0.4 is 0 Å². The van der Waals surface area contributed by atoms with Crippen molar-refractivity contribution >= 4 is 23.6 Å². The highest BCUT2D eigenvalue weighted by atomic mass is 35.5. The van der Waals surface area contributed by atoms with Gasteiger partial charge in [0.1, 0.15) is 5.82 Å². The molecule has 1 amide bonds. The van der Waals surface area contributed by atoms with Crippen molar-refractivity contribution in [3.63, 3.8) is 0 Å². The number of aliphatic imine (C=N–C) groups is 1. The molecule has 0 spiro atoms. The van der Waals surface area contributed by atoms with Crippen molar-refractivity contribution < 1.29 is 14.0 Å². The summed E-state index contributed by atoms with van der Waals surface area (Å²) in [6.07, 6.45) is 1.06. The Labute approximate surface area is 77.8 Å². The maximum absolute atomic E-state index is 12.8. The van der Waals surface area contributed by atoms with E-state index < -0.39 is 11.7 Å². The van der Waals surface area contributed by atoms with Crippen molar-refractivity contribution in [3.05, 3.63) is 34.6 Å². The number of hydrogen-bond acceptors (Lipinski definition) is 2. The standard InChI is InChI=1S/C8H3ClFNO2/c9-7-5(8(13)11-4-12)2-1-3-6(7)10/h1-3H. The smallest absolute Gasteiger partial charge is 0.266 e. The second kappa shape index (κ2) is 3.94. The third-order valence-corrected chi connectivity index (χ3v) is 1.71. The lowest BCUT2D eigenvalue weighted by atomic mass is 10.2. The molecule has 66 valence electrons. The van der Waals surface area contributed by atoms with Gasteiger partial charge in [0.05, 0.1) is 10.6 Å². The monoisotopic (exact) mass is 199 g/mol. The van der Waals surface area contributed by atoms with Gasteiger partial charge in [-0.1, -0.05) is 17.7 Å². The lowest BCUT2D eigenvalue weighted by Gasteiger charge is -1.97. The number of carbonyl (C=O) groups is 1. The molecule has 0 bridgehead atoms. The van der Waals surface area contributed by atoms with Gasteiger partial charge in [-0.15, -0.1) is 4.99 Å². The lowest BCUT2D eigenvalue weighted by Crippen LogP contribution is -1.96. The number of isocyanates is 1. The third kappa shape index (κ3) is 1.99. The number of benzene rings is 1. The lowest BCUT2D eigenvalue weighted by molar-refractivity contribution is 0.100. The SMILES string of the molecule is O=C=NC(=O)c1cccc(F)c1Cl. The number of halogens is 2. The molecule has 0 N–H and O–H groups in total. The van der Waals surface area contributed by atoms with Crippen LogP contribution in [0.1, 0.15) is 10.4 Å². The van der Waals surface area contributed by atoms with E-state index in [9.17, 15) is 14.0 Å². The van der Waals surface area contributed by atoms with E-state index >= 15 is 0 Å². The number of amides is 1. The van der Waals surface area contributed by atoms with E-state index in [0.717, 1.165) is 12.1 Å². The molecule has 1 aromatic rings. The highest BCUT2D eigenvalue weighted by Gasteiger charge is 2.11. The van der Waals surface area contributed by atoms with Crippen LogP contribution in [-0.2, 0) is 4.79 Å². The molecule has 0 heterocycles. The fraction of sp³-hybridized carbons (Fsp3) is 0. The topological polar surface area (TPSA) is 46.5 Å². The Hall–Kier alpha value is -1.51. The largest absolute Gasteiger partial charge is 0.289 e. The van der Waals surface area contributed by atoms with Gasteiger partial charge in [-0.05, 0) is 12.1 Å². The Bertz CT molecular complexity index is 399. The normalized spacial score (nSPS) is 9.08. The zero-order valence-corrected chi connectivity index (χ0v) is 7.01. The van der Waals surface area contributed by atoms with Gasteiger partial charge in [-0.3, -0.25) is 4.79 Å². The van der Waals surface area contributed by atoms with Crippen LogP contribution in [0.5, 0.6) is 0 Å². The van der Waals surface area contributed by atoms with Gasteiger partial charge in [0, 0.05) is 0 Å². The first kappa shape index (κ1) is 9.58. The molecule has 0 saturated carbocycles. The quantitative estimate of drug-likeness (QED) is 0.513. The summed E-state index contributed by atoms with van der Waals surface area (Å²) in [7, 11) is 0. The van der Waals surface area contributed by atoms with Gasteiger partial charge >= 0.3 is 0 Å². The van der Waals surface area contributed by atoms with E-state index in [1.165, 1.54) is 12.1 Å². The molecular weight excluding hydrogens is 197 g/mol. The molecule has 5 heteroatoms. The van der Waals surface area contributed by atoms with E-state index in [1.807, 2.05) is 0 Å². The minimum atomic E-state index is -0.903. The first-order valence-corrected chi connectivity index (χ1v) is 3.61. The summed E-state index contributed by atoms with van der Waals surface area (Å²) in [4.78, 5) is 23.5. The van der Waals surface area contributed by atoms with Crippen LogP contribution in [-0.4, -0.2) is 12.0 Å². The maximum atomic E-state index is 12.8. The molecule has 1 rings (SSSR count). The van der Waals surface area contributed by atoms with E-state index in [1.54, 1.807) is 0 Å². The molecule has 3 nitrogen and oxygen atoms in total. The fourth-order valence-corrected chi connectivity index (χ4v) is 0.977. The zero-order chi connectivity index (χ0) is 9.84. The Morgan fingerprint density at radius 1 is 1.54 bits per heavy atom. The van der Waals surface area contributed by atoms with Crippen LogP contribution in [0, 0.1) is 5.82 Å². The van der Waals surface area contributed by atoms with E-state index in [4.69, 9.17) is 11.6 Å². The first-order valence-electron chi connectivity index (χ1n) is 3.23. The van der Waals surface area contributed by atoms with Gasteiger partial charge in [0.2, 0.25) is 6.08 Å². The average Bonchev–Trinajstić information content (AvgIpc) is 2.10. The van der Waals surface area contributed by atoms with Crippen LogP contribution in [0.3, 0.4) is 0 Å². The van der Waals surface area contributed by atoms with Gasteiger partial charge < -0.3 is 0 Å². The molecule has 0 aliphatic heterocycles.